The maximum atomic E-state index is 11.8. The summed E-state index contributed by atoms with van der Waals surface area (Å²) < 4.78 is 28.6. The average molecular weight is 320 g/mol. The van der Waals surface area contributed by atoms with E-state index in [1.807, 2.05) is 6.92 Å². The lowest BCUT2D eigenvalue weighted by Crippen LogP contribution is -2.08. The molecule has 0 atom stereocenters. The van der Waals surface area contributed by atoms with Gasteiger partial charge in [-0.25, -0.2) is 13.2 Å². The molecule has 0 saturated heterocycles. The maximum absolute atomic E-state index is 11.8. The van der Waals surface area contributed by atoms with Gasteiger partial charge in [0.2, 0.25) is 0 Å². The third-order valence-corrected chi connectivity index (χ3v) is 4.99. The van der Waals surface area contributed by atoms with Crippen LogP contribution in [0.4, 0.5) is 10.7 Å². The summed E-state index contributed by atoms with van der Waals surface area (Å²) in [6, 6.07) is 0. The monoisotopic (exact) mass is 320 g/mol. The first kappa shape index (κ1) is 16.8. The van der Waals surface area contributed by atoms with Crippen molar-refractivity contribution in [2.24, 2.45) is 0 Å². The van der Waals surface area contributed by atoms with E-state index in [2.05, 4.69) is 5.32 Å². The second kappa shape index (κ2) is 6.94. The van der Waals surface area contributed by atoms with E-state index in [4.69, 9.17) is 10.5 Å². The van der Waals surface area contributed by atoms with Crippen LogP contribution in [0.3, 0.4) is 0 Å². The Balaban J connectivity index is 3.21. The molecular formula is C12H20N2O4S2. The van der Waals surface area contributed by atoms with Crippen LogP contribution in [0.2, 0.25) is 0 Å². The van der Waals surface area contributed by atoms with Gasteiger partial charge in [0, 0.05) is 12.8 Å². The number of thiophene rings is 1. The van der Waals surface area contributed by atoms with Gasteiger partial charge in [-0.05, 0) is 13.3 Å². The number of nitrogens with one attached hydrogen (secondary N) is 1. The van der Waals surface area contributed by atoms with Crippen LogP contribution in [0.15, 0.2) is 4.90 Å². The van der Waals surface area contributed by atoms with Crippen molar-refractivity contribution in [3.8, 4) is 0 Å². The van der Waals surface area contributed by atoms with Crippen molar-refractivity contribution in [2.45, 2.75) is 31.6 Å². The van der Waals surface area contributed by atoms with Crippen LogP contribution >= 0.6 is 11.3 Å². The van der Waals surface area contributed by atoms with Crippen LogP contribution < -0.4 is 11.1 Å². The van der Waals surface area contributed by atoms with Gasteiger partial charge in [0.1, 0.15) is 14.8 Å². The number of anilines is 2. The first-order valence-corrected chi connectivity index (χ1v) is 9.07. The first-order valence-electron chi connectivity index (χ1n) is 6.36. The summed E-state index contributed by atoms with van der Waals surface area (Å²) in [5.74, 6) is -0.594. The molecule has 1 aromatic rings. The second-order valence-corrected chi connectivity index (χ2v) is 7.25. The van der Waals surface area contributed by atoms with E-state index in [9.17, 15) is 13.2 Å². The van der Waals surface area contributed by atoms with Crippen molar-refractivity contribution in [3.63, 3.8) is 0 Å². The molecule has 0 bridgehead atoms. The van der Waals surface area contributed by atoms with Gasteiger partial charge in [0.15, 0.2) is 9.84 Å². The van der Waals surface area contributed by atoms with Crippen molar-refractivity contribution < 1.29 is 17.9 Å². The summed E-state index contributed by atoms with van der Waals surface area (Å²) in [6.45, 7) is 4.55. The number of carbonyl (C=O) groups is 1. The van der Waals surface area contributed by atoms with Gasteiger partial charge < -0.3 is 15.8 Å². The molecule has 20 heavy (non-hydrogen) atoms. The highest BCUT2D eigenvalue weighted by Crippen LogP contribution is 2.39. The van der Waals surface area contributed by atoms with E-state index in [0.29, 0.717) is 11.5 Å². The molecule has 0 saturated carbocycles. The highest BCUT2D eigenvalue weighted by molar-refractivity contribution is 7.91. The number of nitrogens with two attached hydrogens (primary N) is 1. The minimum Gasteiger partial charge on any atom is -0.462 e. The molecule has 0 spiro atoms. The topological polar surface area (TPSA) is 98.5 Å². The average Bonchev–Trinajstić information content (AvgIpc) is 2.66. The second-order valence-electron chi connectivity index (χ2n) is 4.28. The van der Waals surface area contributed by atoms with Crippen LogP contribution in [0.1, 0.15) is 36.4 Å². The quantitative estimate of drug-likeness (QED) is 0.590. The van der Waals surface area contributed by atoms with Crippen LogP contribution in [-0.2, 0) is 14.6 Å². The minimum absolute atomic E-state index is 0.0124. The Bertz CT molecular complexity index is 579. The number of rotatable bonds is 7. The predicted molar refractivity (Wildman–Crippen MR) is 81.2 cm³/mol. The Morgan fingerprint density at radius 2 is 2.05 bits per heavy atom. The SMILES string of the molecule is CCCCNc1sc(C(=O)OCC)c(N)c1S(C)(=O)=O. The molecule has 0 aliphatic heterocycles. The molecule has 3 N–H and O–H groups in total. The summed E-state index contributed by atoms with van der Waals surface area (Å²) in [7, 11) is -3.51. The maximum Gasteiger partial charge on any atom is 0.350 e. The van der Waals surface area contributed by atoms with E-state index in [0.717, 1.165) is 30.4 Å². The number of nitrogen functional groups attached to an aromatic ring is 1. The third kappa shape index (κ3) is 3.86. The zero-order valence-electron chi connectivity index (χ0n) is 11.9. The molecule has 114 valence electrons. The van der Waals surface area contributed by atoms with Crippen LogP contribution in [0.5, 0.6) is 0 Å². The molecule has 6 nitrogen and oxygen atoms in total. The van der Waals surface area contributed by atoms with Gasteiger partial charge in [-0.15, -0.1) is 11.3 Å². The van der Waals surface area contributed by atoms with Crippen LogP contribution in [0, 0.1) is 0 Å². The molecule has 1 heterocycles. The standard InChI is InChI=1S/C12H20N2O4S2/c1-4-6-7-14-11-10(20(3,16)17)8(13)9(19-11)12(15)18-5-2/h14H,4-7,13H2,1-3H3. The van der Waals surface area contributed by atoms with E-state index in [-0.39, 0.29) is 22.1 Å². The van der Waals surface area contributed by atoms with Crippen molar-refractivity contribution in [1.82, 2.24) is 0 Å². The number of hydrogen-bond acceptors (Lipinski definition) is 7. The number of esters is 1. The Kier molecular flexibility index (Phi) is 5.82. The Labute approximate surface area is 123 Å². The zero-order valence-corrected chi connectivity index (χ0v) is 13.5. The summed E-state index contributed by atoms with van der Waals surface area (Å²) >= 11 is 1.02. The van der Waals surface area contributed by atoms with E-state index >= 15 is 0 Å². The van der Waals surface area contributed by atoms with Crippen molar-refractivity contribution >= 4 is 37.8 Å². The molecule has 0 fully saturated rings. The first-order chi connectivity index (χ1) is 9.32. The normalized spacial score (nSPS) is 11.3. The largest absolute Gasteiger partial charge is 0.462 e. The summed E-state index contributed by atoms with van der Waals surface area (Å²) in [5.41, 5.74) is 5.78. The summed E-state index contributed by atoms with van der Waals surface area (Å²) in [5, 5.41) is 3.43. The molecule has 0 radical (unpaired) electrons. The van der Waals surface area contributed by atoms with E-state index < -0.39 is 15.8 Å². The highest BCUT2D eigenvalue weighted by atomic mass is 32.2. The van der Waals surface area contributed by atoms with Gasteiger partial charge in [-0.3, -0.25) is 0 Å². The van der Waals surface area contributed by atoms with Crippen molar-refractivity contribution in [3.05, 3.63) is 4.88 Å². The Morgan fingerprint density at radius 3 is 2.55 bits per heavy atom. The fraction of sp³-hybridized carbons (Fsp3) is 0.583. The number of hydrogen-bond donors (Lipinski definition) is 2. The Hall–Kier alpha value is -1.28. The van der Waals surface area contributed by atoms with Crippen molar-refractivity contribution in [2.75, 3.05) is 30.5 Å². The molecule has 0 amide bonds. The summed E-state index contributed by atoms with van der Waals surface area (Å²) in [4.78, 5) is 11.9. The van der Waals surface area contributed by atoms with Crippen LogP contribution in [-0.4, -0.2) is 33.8 Å². The number of ether oxygens (including phenoxy) is 1. The van der Waals surface area contributed by atoms with E-state index in [1.165, 1.54) is 0 Å². The molecule has 0 unspecified atom stereocenters. The third-order valence-electron chi connectivity index (χ3n) is 2.55. The lowest BCUT2D eigenvalue weighted by Gasteiger charge is -2.05. The molecule has 1 aromatic heterocycles. The van der Waals surface area contributed by atoms with Gasteiger partial charge in [0.25, 0.3) is 0 Å². The molecule has 0 aromatic carbocycles. The lowest BCUT2D eigenvalue weighted by atomic mass is 10.3. The molecule has 8 heteroatoms. The minimum atomic E-state index is -3.51. The molecular weight excluding hydrogens is 300 g/mol. The fourth-order valence-electron chi connectivity index (χ4n) is 1.64. The number of carbonyl (C=O) groups excluding carboxylic acids is 1. The van der Waals surface area contributed by atoms with Gasteiger partial charge in [-0.1, -0.05) is 13.3 Å². The number of unbranched alkanes of at least 4 members (excludes halogenated alkanes) is 1. The predicted octanol–water partition coefficient (Wildman–Crippen LogP) is 2.12. The fourth-order valence-corrected chi connectivity index (χ4v) is 4.13. The zero-order chi connectivity index (χ0) is 15.3. The van der Waals surface area contributed by atoms with Gasteiger partial charge >= 0.3 is 5.97 Å². The van der Waals surface area contributed by atoms with Crippen molar-refractivity contribution in [1.29, 1.82) is 0 Å². The molecule has 0 aliphatic carbocycles. The molecule has 0 aliphatic rings. The Morgan fingerprint density at radius 1 is 1.40 bits per heavy atom. The van der Waals surface area contributed by atoms with Gasteiger partial charge in [-0.2, -0.15) is 0 Å². The highest BCUT2D eigenvalue weighted by Gasteiger charge is 2.27. The lowest BCUT2D eigenvalue weighted by molar-refractivity contribution is 0.0533. The smallest absolute Gasteiger partial charge is 0.350 e. The number of sulfone groups is 1. The summed E-state index contributed by atoms with van der Waals surface area (Å²) in [6.07, 6.45) is 2.95. The van der Waals surface area contributed by atoms with E-state index in [1.54, 1.807) is 6.92 Å². The molecule has 1 rings (SSSR count). The van der Waals surface area contributed by atoms with Gasteiger partial charge in [0.05, 0.1) is 12.3 Å². The van der Waals surface area contributed by atoms with Crippen LogP contribution in [0.25, 0.3) is 0 Å².